The number of nitrogens with zero attached hydrogens (tertiary/aromatic N) is 2. The van der Waals surface area contributed by atoms with Crippen molar-refractivity contribution in [3.05, 3.63) is 36.5 Å². The molecule has 0 bridgehead atoms. The van der Waals surface area contributed by atoms with Crippen LogP contribution < -0.4 is 5.32 Å². The van der Waals surface area contributed by atoms with Crippen LogP contribution in [0.2, 0.25) is 0 Å². The molecule has 2 heterocycles. The van der Waals surface area contributed by atoms with Gasteiger partial charge in [0.25, 0.3) is 0 Å². The van der Waals surface area contributed by atoms with E-state index >= 15 is 0 Å². The van der Waals surface area contributed by atoms with Crippen LogP contribution in [0.3, 0.4) is 0 Å². The summed E-state index contributed by atoms with van der Waals surface area (Å²) in [5, 5.41) is 3.23. The first-order chi connectivity index (χ1) is 8.40. The summed E-state index contributed by atoms with van der Waals surface area (Å²) >= 11 is 0. The highest BCUT2D eigenvalue weighted by Gasteiger charge is 2.02. The zero-order valence-corrected chi connectivity index (χ0v) is 9.72. The molecular weight excluding hydrogens is 218 g/mol. The molecule has 0 atom stereocenters. The van der Waals surface area contributed by atoms with Crippen LogP contribution in [-0.4, -0.2) is 30.2 Å². The van der Waals surface area contributed by atoms with Crippen LogP contribution in [0.25, 0.3) is 11.4 Å². The van der Waals surface area contributed by atoms with Crippen LogP contribution in [-0.2, 0) is 11.3 Å². The molecule has 1 N–H and O–H groups in total. The van der Waals surface area contributed by atoms with E-state index in [1.807, 2.05) is 18.5 Å². The van der Waals surface area contributed by atoms with Crippen molar-refractivity contribution >= 4 is 0 Å². The molecular formula is C12H15N3O2. The summed E-state index contributed by atoms with van der Waals surface area (Å²) in [6.07, 6.45) is 6.87. The topological polar surface area (TPSA) is 60.2 Å². The highest BCUT2D eigenvalue weighted by molar-refractivity contribution is 5.51. The molecule has 0 spiro atoms. The Hall–Kier alpha value is -1.72. The lowest BCUT2D eigenvalue weighted by molar-refractivity contribution is 0.199. The third kappa shape index (κ3) is 3.37. The van der Waals surface area contributed by atoms with E-state index in [-0.39, 0.29) is 0 Å². The molecule has 2 rings (SSSR count). The maximum Gasteiger partial charge on any atom is 0.162 e. The maximum absolute atomic E-state index is 4.98. The number of rotatable bonds is 6. The van der Waals surface area contributed by atoms with E-state index < -0.39 is 0 Å². The summed E-state index contributed by atoms with van der Waals surface area (Å²) < 4.78 is 9.93. The number of ether oxygens (including phenoxy) is 1. The van der Waals surface area contributed by atoms with E-state index in [1.54, 1.807) is 19.6 Å². The van der Waals surface area contributed by atoms with E-state index in [0.29, 0.717) is 12.4 Å². The van der Waals surface area contributed by atoms with Crippen molar-refractivity contribution in [1.29, 1.82) is 0 Å². The molecule has 0 aliphatic rings. The second-order valence-corrected chi connectivity index (χ2v) is 3.60. The van der Waals surface area contributed by atoms with Gasteiger partial charge < -0.3 is 14.5 Å². The second kappa shape index (κ2) is 6.12. The summed E-state index contributed by atoms with van der Waals surface area (Å²) in [5.41, 5.74) is 1.94. The standard InChI is InChI=1S/C12H15N3O2/c1-16-5-3-13-6-10-7-14-12(15-8-10)11-2-4-17-9-11/h2,4,7-9,13H,3,5-6H2,1H3. The van der Waals surface area contributed by atoms with Gasteiger partial charge >= 0.3 is 0 Å². The van der Waals surface area contributed by atoms with Gasteiger partial charge in [-0.15, -0.1) is 0 Å². The van der Waals surface area contributed by atoms with E-state index in [4.69, 9.17) is 9.15 Å². The van der Waals surface area contributed by atoms with Gasteiger partial charge in [-0.25, -0.2) is 9.97 Å². The molecule has 0 saturated carbocycles. The van der Waals surface area contributed by atoms with Crippen molar-refractivity contribution in [3.63, 3.8) is 0 Å². The van der Waals surface area contributed by atoms with Crippen LogP contribution >= 0.6 is 0 Å². The highest BCUT2D eigenvalue weighted by Crippen LogP contribution is 2.13. The summed E-state index contributed by atoms with van der Waals surface area (Å²) in [7, 11) is 1.69. The molecule has 0 unspecified atom stereocenters. The van der Waals surface area contributed by atoms with Crippen molar-refractivity contribution in [3.8, 4) is 11.4 Å². The molecule has 0 fully saturated rings. The predicted octanol–water partition coefficient (Wildman–Crippen LogP) is 1.47. The Kier molecular flexibility index (Phi) is 4.23. The number of hydrogen-bond acceptors (Lipinski definition) is 5. The number of methoxy groups -OCH3 is 1. The first-order valence-electron chi connectivity index (χ1n) is 5.43. The van der Waals surface area contributed by atoms with E-state index in [9.17, 15) is 0 Å². The smallest absolute Gasteiger partial charge is 0.162 e. The van der Waals surface area contributed by atoms with Crippen LogP contribution in [0.5, 0.6) is 0 Å². The molecule has 2 aromatic heterocycles. The lowest BCUT2D eigenvalue weighted by Crippen LogP contribution is -2.18. The predicted molar refractivity (Wildman–Crippen MR) is 63.3 cm³/mol. The minimum atomic E-state index is 0.680. The number of furan rings is 1. The summed E-state index contributed by atoms with van der Waals surface area (Å²) in [6.45, 7) is 2.27. The third-order valence-electron chi connectivity index (χ3n) is 2.30. The number of aromatic nitrogens is 2. The minimum absolute atomic E-state index is 0.680. The van der Waals surface area contributed by atoms with Gasteiger partial charge in [-0.3, -0.25) is 0 Å². The van der Waals surface area contributed by atoms with Crippen molar-refractivity contribution in [2.75, 3.05) is 20.3 Å². The Morgan fingerprint density at radius 2 is 2.18 bits per heavy atom. The van der Waals surface area contributed by atoms with E-state index in [0.717, 1.165) is 24.2 Å². The normalized spacial score (nSPS) is 10.6. The Labute approximate surface area is 99.8 Å². The molecule has 5 heteroatoms. The molecule has 0 amide bonds. The van der Waals surface area contributed by atoms with Crippen molar-refractivity contribution in [2.45, 2.75) is 6.54 Å². The lowest BCUT2D eigenvalue weighted by Gasteiger charge is -2.03. The van der Waals surface area contributed by atoms with Gasteiger partial charge in [0.05, 0.1) is 18.4 Å². The fourth-order valence-electron chi connectivity index (χ4n) is 1.39. The van der Waals surface area contributed by atoms with Gasteiger partial charge in [0, 0.05) is 38.2 Å². The largest absolute Gasteiger partial charge is 0.472 e. The Morgan fingerprint density at radius 1 is 1.35 bits per heavy atom. The van der Waals surface area contributed by atoms with Crippen molar-refractivity contribution in [1.82, 2.24) is 15.3 Å². The average molecular weight is 233 g/mol. The van der Waals surface area contributed by atoms with Gasteiger partial charge in [-0.1, -0.05) is 0 Å². The Bertz CT molecular complexity index is 426. The SMILES string of the molecule is COCCNCc1cnc(-c2ccoc2)nc1. The van der Waals surface area contributed by atoms with Crippen LogP contribution in [0.15, 0.2) is 35.4 Å². The molecule has 0 aliphatic carbocycles. The quantitative estimate of drug-likeness (QED) is 0.766. The van der Waals surface area contributed by atoms with Gasteiger partial charge in [0.2, 0.25) is 0 Å². The van der Waals surface area contributed by atoms with Gasteiger partial charge in [-0.05, 0) is 6.07 Å². The van der Waals surface area contributed by atoms with Gasteiger partial charge in [0.1, 0.15) is 6.26 Å². The molecule has 0 aromatic carbocycles. The number of hydrogen-bond donors (Lipinski definition) is 1. The van der Waals surface area contributed by atoms with E-state index in [1.165, 1.54) is 0 Å². The minimum Gasteiger partial charge on any atom is -0.472 e. The molecule has 2 aromatic rings. The fourth-order valence-corrected chi connectivity index (χ4v) is 1.39. The Morgan fingerprint density at radius 3 is 2.82 bits per heavy atom. The van der Waals surface area contributed by atoms with Gasteiger partial charge in [0.15, 0.2) is 5.82 Å². The van der Waals surface area contributed by atoms with Gasteiger partial charge in [-0.2, -0.15) is 0 Å². The summed E-state index contributed by atoms with van der Waals surface area (Å²) in [4.78, 5) is 8.56. The maximum atomic E-state index is 4.98. The first-order valence-corrected chi connectivity index (χ1v) is 5.43. The second-order valence-electron chi connectivity index (χ2n) is 3.60. The third-order valence-corrected chi connectivity index (χ3v) is 2.30. The van der Waals surface area contributed by atoms with Crippen molar-refractivity contribution < 1.29 is 9.15 Å². The first kappa shape index (κ1) is 11.8. The molecule has 90 valence electrons. The zero-order valence-electron chi connectivity index (χ0n) is 9.72. The van der Waals surface area contributed by atoms with Crippen LogP contribution in [0, 0.1) is 0 Å². The van der Waals surface area contributed by atoms with Crippen LogP contribution in [0.4, 0.5) is 0 Å². The molecule has 5 nitrogen and oxygen atoms in total. The molecule has 0 saturated heterocycles. The highest BCUT2D eigenvalue weighted by atomic mass is 16.5. The molecule has 17 heavy (non-hydrogen) atoms. The monoisotopic (exact) mass is 233 g/mol. The molecule has 0 aliphatic heterocycles. The Balaban J connectivity index is 1.90. The summed E-state index contributed by atoms with van der Waals surface area (Å²) in [5.74, 6) is 0.680. The van der Waals surface area contributed by atoms with Crippen LogP contribution in [0.1, 0.15) is 5.56 Å². The fraction of sp³-hybridized carbons (Fsp3) is 0.333. The zero-order chi connectivity index (χ0) is 11.9. The summed E-state index contributed by atoms with van der Waals surface area (Å²) in [6, 6.07) is 1.84. The molecule has 0 radical (unpaired) electrons. The van der Waals surface area contributed by atoms with Crippen molar-refractivity contribution in [2.24, 2.45) is 0 Å². The van der Waals surface area contributed by atoms with E-state index in [2.05, 4.69) is 15.3 Å². The average Bonchev–Trinajstić information content (AvgIpc) is 2.89. The lowest BCUT2D eigenvalue weighted by atomic mass is 10.3. The number of nitrogens with one attached hydrogen (secondary N) is 1.